The number of hydrogen-bond acceptors (Lipinski definition) is 3. The van der Waals surface area contributed by atoms with Gasteiger partial charge in [-0.3, -0.25) is 14.5 Å². The zero-order valence-electron chi connectivity index (χ0n) is 9.26. The first-order chi connectivity index (χ1) is 7.61. The molecule has 0 aromatic rings. The van der Waals surface area contributed by atoms with Gasteiger partial charge >= 0.3 is 5.97 Å². The molecule has 0 spiro atoms. The maximum atomic E-state index is 11.9. The highest BCUT2D eigenvalue weighted by Gasteiger charge is 2.43. The van der Waals surface area contributed by atoms with Crippen LogP contribution in [0.1, 0.15) is 12.8 Å². The number of carbonyl (C=O) groups is 2. The lowest BCUT2D eigenvalue weighted by molar-refractivity contribution is -0.149. The SMILES string of the molecule is C=CCN1CC2CC(C(=O)O)CC(C1)C2=O. The number of hydrogen-bond donors (Lipinski definition) is 1. The Labute approximate surface area is 94.9 Å². The summed E-state index contributed by atoms with van der Waals surface area (Å²) >= 11 is 0. The van der Waals surface area contributed by atoms with E-state index >= 15 is 0 Å². The second-order valence-electron chi connectivity index (χ2n) is 4.81. The molecule has 16 heavy (non-hydrogen) atoms. The van der Waals surface area contributed by atoms with Crippen molar-refractivity contribution >= 4 is 11.8 Å². The van der Waals surface area contributed by atoms with Crippen LogP contribution in [0, 0.1) is 17.8 Å². The first-order valence-corrected chi connectivity index (χ1v) is 5.71. The standard InChI is InChI=1S/C12H17NO3/c1-2-3-13-6-9-4-8(12(15)16)5-10(7-13)11(9)14/h2,8-10H,1,3-7H2,(H,15,16). The second-order valence-corrected chi connectivity index (χ2v) is 4.81. The molecule has 4 heteroatoms. The largest absolute Gasteiger partial charge is 0.481 e. The molecule has 1 aliphatic carbocycles. The number of carbonyl (C=O) groups excluding carboxylic acids is 1. The molecule has 1 saturated carbocycles. The highest BCUT2D eigenvalue weighted by molar-refractivity contribution is 5.87. The molecule has 88 valence electrons. The lowest BCUT2D eigenvalue weighted by atomic mass is 9.71. The fourth-order valence-corrected chi connectivity index (χ4v) is 2.91. The summed E-state index contributed by atoms with van der Waals surface area (Å²) in [5.41, 5.74) is 0. The molecule has 2 rings (SSSR count). The minimum atomic E-state index is -0.750. The van der Waals surface area contributed by atoms with Crippen molar-refractivity contribution in [1.29, 1.82) is 0 Å². The molecule has 0 radical (unpaired) electrons. The van der Waals surface area contributed by atoms with Crippen molar-refractivity contribution in [2.45, 2.75) is 12.8 Å². The van der Waals surface area contributed by atoms with Crippen LogP contribution in [0.4, 0.5) is 0 Å². The number of carboxylic acid groups (broad SMARTS) is 1. The van der Waals surface area contributed by atoms with Gasteiger partial charge in [-0.05, 0) is 12.8 Å². The molecule has 4 nitrogen and oxygen atoms in total. The van der Waals surface area contributed by atoms with E-state index in [1.54, 1.807) is 0 Å². The number of nitrogens with zero attached hydrogens (tertiary/aromatic N) is 1. The summed E-state index contributed by atoms with van der Waals surface area (Å²) in [5.74, 6) is -0.946. The predicted octanol–water partition coefficient (Wildman–Crippen LogP) is 0.784. The third kappa shape index (κ3) is 2.02. The van der Waals surface area contributed by atoms with Gasteiger partial charge in [0.15, 0.2) is 0 Å². The molecule has 2 bridgehead atoms. The summed E-state index contributed by atoms with van der Waals surface area (Å²) in [6.07, 6.45) is 2.86. The van der Waals surface area contributed by atoms with E-state index in [4.69, 9.17) is 5.11 Å². The summed E-state index contributed by atoms with van der Waals surface area (Å²) in [6.45, 7) is 5.88. The van der Waals surface area contributed by atoms with Gasteiger partial charge < -0.3 is 5.11 Å². The van der Waals surface area contributed by atoms with Crippen LogP contribution in [0.3, 0.4) is 0 Å². The Hall–Kier alpha value is -1.16. The van der Waals surface area contributed by atoms with Gasteiger partial charge in [0.2, 0.25) is 0 Å². The maximum Gasteiger partial charge on any atom is 0.306 e. The molecule has 0 amide bonds. The van der Waals surface area contributed by atoms with E-state index < -0.39 is 5.97 Å². The molecule has 1 heterocycles. The predicted molar refractivity (Wildman–Crippen MR) is 59.0 cm³/mol. The Morgan fingerprint density at radius 1 is 1.44 bits per heavy atom. The van der Waals surface area contributed by atoms with Crippen LogP contribution in [-0.2, 0) is 9.59 Å². The minimum absolute atomic E-state index is 0.0754. The number of fused-ring (bicyclic) bond motifs is 2. The second kappa shape index (κ2) is 4.37. The topological polar surface area (TPSA) is 57.6 Å². The number of likely N-dealkylation sites (tertiary alicyclic amines) is 1. The van der Waals surface area contributed by atoms with Crippen molar-refractivity contribution in [2.75, 3.05) is 19.6 Å². The lowest BCUT2D eigenvalue weighted by Gasteiger charge is -2.41. The van der Waals surface area contributed by atoms with Gasteiger partial charge in [0.05, 0.1) is 5.92 Å². The minimum Gasteiger partial charge on any atom is -0.481 e. The first kappa shape index (κ1) is 11.3. The normalized spacial score (nSPS) is 34.8. The smallest absolute Gasteiger partial charge is 0.306 e. The van der Waals surface area contributed by atoms with E-state index in [1.807, 2.05) is 6.08 Å². The third-order valence-corrected chi connectivity index (χ3v) is 3.64. The highest BCUT2D eigenvalue weighted by Crippen LogP contribution is 2.35. The number of carboxylic acids is 1. The van der Waals surface area contributed by atoms with Gasteiger partial charge in [0.25, 0.3) is 0 Å². The van der Waals surface area contributed by atoms with E-state index in [1.165, 1.54) is 0 Å². The average Bonchev–Trinajstić information content (AvgIpc) is 2.19. The van der Waals surface area contributed by atoms with Crippen molar-refractivity contribution in [3.63, 3.8) is 0 Å². The van der Waals surface area contributed by atoms with Gasteiger partial charge in [-0.15, -0.1) is 6.58 Å². The molecular formula is C12H17NO3. The Balaban J connectivity index is 2.07. The zero-order valence-corrected chi connectivity index (χ0v) is 9.26. The molecule has 1 N–H and O–H groups in total. The molecule has 1 saturated heterocycles. The van der Waals surface area contributed by atoms with Crippen LogP contribution in [0.15, 0.2) is 12.7 Å². The van der Waals surface area contributed by atoms with Gasteiger partial charge in [-0.25, -0.2) is 0 Å². The first-order valence-electron chi connectivity index (χ1n) is 5.71. The summed E-state index contributed by atoms with van der Waals surface area (Å²) in [5, 5.41) is 9.01. The number of aliphatic carboxylic acids is 1. The molecule has 0 aromatic heterocycles. The number of ketones is 1. The maximum absolute atomic E-state index is 11.9. The molecule has 2 atom stereocenters. The fourth-order valence-electron chi connectivity index (χ4n) is 2.91. The Morgan fingerprint density at radius 3 is 2.44 bits per heavy atom. The van der Waals surface area contributed by atoms with E-state index in [-0.39, 0.29) is 23.5 Å². The lowest BCUT2D eigenvalue weighted by Crippen LogP contribution is -2.51. The fraction of sp³-hybridized carbons (Fsp3) is 0.667. The Morgan fingerprint density at radius 2 is 2.00 bits per heavy atom. The summed E-state index contributed by atoms with van der Waals surface area (Å²) in [7, 11) is 0. The van der Waals surface area contributed by atoms with Crippen LogP contribution in [0.5, 0.6) is 0 Å². The Kier molecular flexibility index (Phi) is 3.10. The number of piperidine rings is 1. The van der Waals surface area contributed by atoms with Crippen LogP contribution in [-0.4, -0.2) is 41.4 Å². The van der Waals surface area contributed by atoms with Crippen molar-refractivity contribution in [1.82, 2.24) is 4.90 Å². The van der Waals surface area contributed by atoms with Crippen LogP contribution in [0.25, 0.3) is 0 Å². The monoisotopic (exact) mass is 223 g/mol. The van der Waals surface area contributed by atoms with Crippen LogP contribution >= 0.6 is 0 Å². The third-order valence-electron chi connectivity index (χ3n) is 3.64. The molecule has 2 unspecified atom stereocenters. The van der Waals surface area contributed by atoms with Crippen molar-refractivity contribution in [3.8, 4) is 0 Å². The van der Waals surface area contributed by atoms with Gasteiger partial charge in [-0.2, -0.15) is 0 Å². The molecule has 2 fully saturated rings. The van der Waals surface area contributed by atoms with Crippen LogP contribution < -0.4 is 0 Å². The van der Waals surface area contributed by atoms with Crippen molar-refractivity contribution < 1.29 is 14.7 Å². The van der Waals surface area contributed by atoms with Gasteiger partial charge in [0, 0.05) is 31.5 Å². The van der Waals surface area contributed by atoms with Gasteiger partial charge in [0.1, 0.15) is 5.78 Å². The van der Waals surface area contributed by atoms with E-state index in [0.29, 0.717) is 25.9 Å². The summed E-state index contributed by atoms with van der Waals surface area (Å²) in [4.78, 5) is 25.0. The van der Waals surface area contributed by atoms with E-state index in [9.17, 15) is 9.59 Å². The van der Waals surface area contributed by atoms with Crippen molar-refractivity contribution in [3.05, 3.63) is 12.7 Å². The number of rotatable bonds is 3. The van der Waals surface area contributed by atoms with Crippen molar-refractivity contribution in [2.24, 2.45) is 17.8 Å². The molecular weight excluding hydrogens is 206 g/mol. The van der Waals surface area contributed by atoms with E-state index in [0.717, 1.165) is 6.54 Å². The zero-order chi connectivity index (χ0) is 11.7. The quantitative estimate of drug-likeness (QED) is 0.718. The molecule has 1 aliphatic heterocycles. The van der Waals surface area contributed by atoms with Gasteiger partial charge in [-0.1, -0.05) is 6.08 Å². The number of Topliss-reactive ketones (excluding diaryl/α,β-unsaturated/α-hetero) is 1. The van der Waals surface area contributed by atoms with Crippen LogP contribution in [0.2, 0.25) is 0 Å². The summed E-state index contributed by atoms with van der Waals surface area (Å²) in [6, 6.07) is 0. The average molecular weight is 223 g/mol. The summed E-state index contributed by atoms with van der Waals surface area (Å²) < 4.78 is 0. The van der Waals surface area contributed by atoms with E-state index in [2.05, 4.69) is 11.5 Å². The highest BCUT2D eigenvalue weighted by atomic mass is 16.4. The molecule has 0 aromatic carbocycles. The Bertz CT molecular complexity index is 308. The molecule has 2 aliphatic rings.